The van der Waals surface area contributed by atoms with Gasteiger partial charge in [0.05, 0.1) is 53.0 Å². The predicted octanol–water partition coefficient (Wildman–Crippen LogP) is 8.10. The lowest BCUT2D eigenvalue weighted by atomic mass is 9.80. The van der Waals surface area contributed by atoms with Gasteiger partial charge in [0.25, 0.3) is 35.4 Å². The number of carbonyl (C=O) groups excluding carboxylic acids is 6. The van der Waals surface area contributed by atoms with E-state index >= 15 is 0 Å². The molecule has 0 fully saturated rings. The highest BCUT2D eigenvalue weighted by Crippen LogP contribution is 2.39. The quantitative estimate of drug-likeness (QED) is 0.115. The fraction of sp³-hybridized carbons (Fsp3) is 0.333. The van der Waals surface area contributed by atoms with Crippen molar-refractivity contribution < 1.29 is 28.8 Å². The first-order chi connectivity index (χ1) is 26.2. The molecule has 4 aromatic rings. The van der Waals surface area contributed by atoms with Gasteiger partial charge in [0.2, 0.25) is 0 Å². The van der Waals surface area contributed by atoms with E-state index in [-0.39, 0.29) is 55.1 Å². The number of benzene rings is 4. The van der Waals surface area contributed by atoms with Crippen molar-refractivity contribution in [2.45, 2.75) is 98.2 Å². The fourth-order valence-corrected chi connectivity index (χ4v) is 8.25. The van der Waals surface area contributed by atoms with Gasteiger partial charge in [-0.15, -0.1) is 0 Å². The Hall–Kier alpha value is -5.70. The minimum absolute atomic E-state index is 0.0112. The van der Waals surface area contributed by atoms with Crippen LogP contribution in [0.4, 0.5) is 0 Å². The molecule has 54 heavy (non-hydrogen) atoms. The van der Waals surface area contributed by atoms with Crippen molar-refractivity contribution in [2.24, 2.45) is 0 Å². The molecule has 0 aromatic heterocycles. The summed E-state index contributed by atoms with van der Waals surface area (Å²) in [6.07, 6.45) is 6.77. The summed E-state index contributed by atoms with van der Waals surface area (Å²) in [6.45, 7) is 6.26. The first-order valence-corrected chi connectivity index (χ1v) is 19.2. The zero-order valence-electron chi connectivity index (χ0n) is 31.2. The third-order valence-electron chi connectivity index (χ3n) is 11.1. The number of imide groups is 3. The molecule has 3 heterocycles. The van der Waals surface area contributed by atoms with E-state index in [2.05, 4.69) is 20.8 Å². The maximum atomic E-state index is 13.9. The molecule has 276 valence electrons. The van der Waals surface area contributed by atoms with Gasteiger partial charge >= 0.3 is 0 Å². The van der Waals surface area contributed by atoms with E-state index in [9.17, 15) is 28.8 Å². The minimum atomic E-state index is -0.377. The Kier molecular flexibility index (Phi) is 10.4. The number of fused-ring (bicyclic) bond motifs is 3. The molecular weight excluding hydrogens is 679 g/mol. The smallest absolute Gasteiger partial charge is 0.261 e. The van der Waals surface area contributed by atoms with Crippen LogP contribution < -0.4 is 0 Å². The van der Waals surface area contributed by atoms with Crippen molar-refractivity contribution in [2.75, 3.05) is 0 Å². The summed E-state index contributed by atoms with van der Waals surface area (Å²) in [5.74, 6) is -2.26. The van der Waals surface area contributed by atoms with E-state index in [1.807, 2.05) is 0 Å². The molecule has 0 N–H and O–H groups in total. The number of hydrogen-bond acceptors (Lipinski definition) is 6. The second-order valence-electron chi connectivity index (χ2n) is 14.4. The lowest BCUT2D eigenvalue weighted by Gasteiger charge is -2.31. The number of nitrogens with zero attached hydrogens (tertiary/aromatic N) is 3. The molecule has 3 aliphatic rings. The fourth-order valence-electron chi connectivity index (χ4n) is 8.25. The van der Waals surface area contributed by atoms with Crippen molar-refractivity contribution in [1.29, 1.82) is 0 Å². The van der Waals surface area contributed by atoms with Crippen molar-refractivity contribution in [3.8, 4) is 0 Å². The maximum Gasteiger partial charge on any atom is 0.261 e. The van der Waals surface area contributed by atoms with Gasteiger partial charge in [0.15, 0.2) is 0 Å². The average Bonchev–Trinajstić information content (AvgIpc) is 3.69. The van der Waals surface area contributed by atoms with Gasteiger partial charge in [0.1, 0.15) is 0 Å². The van der Waals surface area contributed by atoms with Crippen LogP contribution in [0, 0.1) is 0 Å². The van der Waals surface area contributed by atoms with E-state index in [0.717, 1.165) is 71.9 Å². The molecule has 0 unspecified atom stereocenters. The third kappa shape index (κ3) is 6.25. The van der Waals surface area contributed by atoms with E-state index in [1.54, 1.807) is 72.8 Å². The van der Waals surface area contributed by atoms with Gasteiger partial charge in [-0.2, -0.15) is 0 Å². The van der Waals surface area contributed by atoms with Crippen LogP contribution in [0.1, 0.15) is 155 Å². The van der Waals surface area contributed by atoms with Crippen LogP contribution in [0.2, 0.25) is 0 Å². The molecule has 4 aromatic carbocycles. The summed E-state index contributed by atoms with van der Waals surface area (Å²) in [6, 6.07) is 20.5. The summed E-state index contributed by atoms with van der Waals surface area (Å²) >= 11 is 0. The largest absolute Gasteiger partial charge is 0.270 e. The predicted molar refractivity (Wildman–Crippen MR) is 204 cm³/mol. The van der Waals surface area contributed by atoms with E-state index in [4.69, 9.17) is 0 Å². The number of amides is 6. The molecule has 0 aliphatic carbocycles. The number of unbranched alkanes of at least 4 members (excludes halogenated alkanes) is 3. The molecule has 0 radical (unpaired) electrons. The molecule has 0 atom stereocenters. The van der Waals surface area contributed by atoms with Gasteiger partial charge in [-0.3, -0.25) is 43.5 Å². The molecule has 0 spiro atoms. The number of hydrogen-bond donors (Lipinski definition) is 0. The Morgan fingerprint density at radius 2 is 0.537 bits per heavy atom. The summed E-state index contributed by atoms with van der Waals surface area (Å²) in [5.41, 5.74) is 7.27. The molecular formula is C45H45N3O6. The summed E-state index contributed by atoms with van der Waals surface area (Å²) in [7, 11) is 0. The standard InChI is InChI=1S/C45H45N3O6/c1-4-7-16-28-37(25-46-40(49)31-19-10-11-20-32(31)41(46)50)29(17-8-5-2)39(27-48-44(53)35-23-14-15-24-36(35)45(48)54)30(18-9-6-3)38(28)26-47-42(51)33-21-12-13-22-34(33)43(47)52/h10-15,19-24H,4-9,16-18,25-27H2,1-3H3. The molecule has 7 rings (SSSR count). The van der Waals surface area contributed by atoms with Crippen LogP contribution in [0.25, 0.3) is 0 Å². The first-order valence-electron chi connectivity index (χ1n) is 19.2. The van der Waals surface area contributed by atoms with Crippen LogP contribution in [0.3, 0.4) is 0 Å². The second-order valence-corrected chi connectivity index (χ2v) is 14.4. The molecule has 0 bridgehead atoms. The van der Waals surface area contributed by atoms with E-state index < -0.39 is 0 Å². The van der Waals surface area contributed by atoms with Gasteiger partial charge in [-0.1, -0.05) is 76.4 Å². The Bertz CT molecular complexity index is 1850. The highest BCUT2D eigenvalue weighted by Gasteiger charge is 2.41. The summed E-state index contributed by atoms with van der Waals surface area (Å²) in [5, 5.41) is 0. The topological polar surface area (TPSA) is 112 Å². The monoisotopic (exact) mass is 723 g/mol. The highest BCUT2D eigenvalue weighted by atomic mass is 16.2. The van der Waals surface area contributed by atoms with Gasteiger partial charge in [-0.05, 0) is 108 Å². The van der Waals surface area contributed by atoms with Gasteiger partial charge in [0, 0.05) is 0 Å². The van der Waals surface area contributed by atoms with Crippen LogP contribution in [0.15, 0.2) is 72.8 Å². The molecule has 0 saturated heterocycles. The Balaban J connectivity index is 1.47. The van der Waals surface area contributed by atoms with Crippen LogP contribution >= 0.6 is 0 Å². The Morgan fingerprint density at radius 1 is 0.333 bits per heavy atom. The van der Waals surface area contributed by atoms with Gasteiger partial charge < -0.3 is 0 Å². The molecule has 9 nitrogen and oxygen atoms in total. The lowest BCUT2D eigenvalue weighted by molar-refractivity contribution is 0.0629. The van der Waals surface area contributed by atoms with Crippen LogP contribution in [0.5, 0.6) is 0 Å². The summed E-state index contributed by atoms with van der Waals surface area (Å²) < 4.78 is 0. The van der Waals surface area contributed by atoms with E-state index in [0.29, 0.717) is 52.6 Å². The molecule has 6 amide bonds. The maximum absolute atomic E-state index is 13.9. The minimum Gasteiger partial charge on any atom is -0.270 e. The zero-order valence-corrected chi connectivity index (χ0v) is 31.2. The molecule has 0 saturated carbocycles. The van der Waals surface area contributed by atoms with Crippen molar-refractivity contribution in [3.63, 3.8) is 0 Å². The van der Waals surface area contributed by atoms with Crippen molar-refractivity contribution in [3.05, 3.63) is 140 Å². The average molecular weight is 724 g/mol. The highest BCUT2D eigenvalue weighted by molar-refractivity contribution is 6.22. The third-order valence-corrected chi connectivity index (χ3v) is 11.1. The Labute approximate surface area is 315 Å². The van der Waals surface area contributed by atoms with Crippen LogP contribution in [-0.2, 0) is 38.9 Å². The number of rotatable bonds is 15. The second kappa shape index (κ2) is 15.3. The number of carbonyl (C=O) groups is 6. The van der Waals surface area contributed by atoms with Crippen molar-refractivity contribution in [1.82, 2.24) is 14.7 Å². The van der Waals surface area contributed by atoms with E-state index in [1.165, 1.54) is 14.7 Å². The normalized spacial score (nSPS) is 14.8. The summed E-state index contributed by atoms with van der Waals surface area (Å²) in [4.78, 5) is 87.5. The van der Waals surface area contributed by atoms with Crippen LogP contribution in [-0.4, -0.2) is 50.1 Å². The SMILES string of the molecule is CCCCc1c(CN2C(=O)c3ccccc3C2=O)c(CCCC)c(CN2C(=O)c3ccccc3C2=O)c(CCCC)c1CN1C(=O)c2ccccc2C1=O. The Morgan fingerprint density at radius 3 is 0.722 bits per heavy atom. The zero-order chi connectivity index (χ0) is 38.1. The first kappa shape index (κ1) is 36.6. The molecule has 9 heteroatoms. The van der Waals surface area contributed by atoms with Gasteiger partial charge in [-0.25, -0.2) is 0 Å². The lowest BCUT2D eigenvalue weighted by Crippen LogP contribution is -2.35. The molecule has 3 aliphatic heterocycles. The van der Waals surface area contributed by atoms with Crippen molar-refractivity contribution >= 4 is 35.4 Å².